The zero-order valence-corrected chi connectivity index (χ0v) is 14.9. The second kappa shape index (κ2) is 8.02. The monoisotopic (exact) mass is 326 g/mol. The summed E-state index contributed by atoms with van der Waals surface area (Å²) in [6, 6.07) is 17.5. The van der Waals surface area contributed by atoms with E-state index in [9.17, 15) is 0 Å². The van der Waals surface area contributed by atoms with Crippen molar-refractivity contribution in [2.75, 3.05) is 0 Å². The zero-order chi connectivity index (χ0) is 16.1. The number of hydrogen-bond acceptors (Lipinski definition) is 0. The van der Waals surface area contributed by atoms with Gasteiger partial charge in [-0.25, -0.2) is 0 Å². The van der Waals surface area contributed by atoms with Gasteiger partial charge in [-0.2, -0.15) is 0 Å². The third kappa shape index (κ3) is 4.61. The SMILES string of the molecule is CCCC1CCC(c2ccc(Cc3ccc(Cl)cc3)cc2)CC1. The van der Waals surface area contributed by atoms with Crippen LogP contribution < -0.4 is 0 Å². The third-order valence-corrected chi connectivity index (χ3v) is 5.57. The first-order valence-corrected chi connectivity index (χ1v) is 9.45. The molecule has 0 radical (unpaired) electrons. The Bertz CT molecular complexity index is 589. The van der Waals surface area contributed by atoms with Crippen molar-refractivity contribution in [2.45, 2.75) is 57.8 Å². The molecule has 1 aliphatic rings. The van der Waals surface area contributed by atoms with Crippen molar-refractivity contribution in [3.8, 4) is 0 Å². The van der Waals surface area contributed by atoms with E-state index >= 15 is 0 Å². The predicted molar refractivity (Wildman–Crippen MR) is 100 cm³/mol. The largest absolute Gasteiger partial charge is 0.0843 e. The summed E-state index contributed by atoms with van der Waals surface area (Å²) in [4.78, 5) is 0. The minimum absolute atomic E-state index is 0.785. The molecule has 0 aromatic heterocycles. The summed E-state index contributed by atoms with van der Waals surface area (Å²) in [5.74, 6) is 1.77. The van der Waals surface area contributed by atoms with E-state index in [4.69, 9.17) is 11.6 Å². The fourth-order valence-corrected chi connectivity index (χ4v) is 4.06. The van der Waals surface area contributed by atoms with Gasteiger partial charge in [0.05, 0.1) is 0 Å². The summed E-state index contributed by atoms with van der Waals surface area (Å²) in [6.45, 7) is 2.31. The third-order valence-electron chi connectivity index (χ3n) is 5.32. The van der Waals surface area contributed by atoms with Crippen molar-refractivity contribution in [1.82, 2.24) is 0 Å². The van der Waals surface area contributed by atoms with Gasteiger partial charge in [-0.15, -0.1) is 0 Å². The highest BCUT2D eigenvalue weighted by molar-refractivity contribution is 6.30. The van der Waals surface area contributed by atoms with Crippen LogP contribution in [0.25, 0.3) is 0 Å². The van der Waals surface area contributed by atoms with E-state index in [1.54, 1.807) is 5.56 Å². The molecule has 1 saturated carbocycles. The molecule has 0 saturated heterocycles. The summed E-state index contributed by atoms with van der Waals surface area (Å²) in [6.07, 6.45) is 9.35. The molecule has 0 spiro atoms. The topological polar surface area (TPSA) is 0 Å². The molecule has 1 heteroatoms. The normalized spacial score (nSPS) is 21.3. The van der Waals surface area contributed by atoms with E-state index in [0.717, 1.165) is 23.3 Å². The molecular formula is C22H27Cl. The fourth-order valence-electron chi connectivity index (χ4n) is 3.94. The molecule has 0 unspecified atom stereocenters. The summed E-state index contributed by atoms with van der Waals surface area (Å²) in [7, 11) is 0. The second-order valence-electron chi connectivity index (χ2n) is 7.05. The maximum Gasteiger partial charge on any atom is 0.0406 e. The summed E-state index contributed by atoms with van der Waals surface area (Å²) in [5, 5.41) is 0.808. The van der Waals surface area contributed by atoms with Crippen LogP contribution in [0.5, 0.6) is 0 Å². The van der Waals surface area contributed by atoms with Crippen LogP contribution in [0.15, 0.2) is 48.5 Å². The first kappa shape index (κ1) is 16.6. The lowest BCUT2D eigenvalue weighted by Gasteiger charge is -2.28. The molecule has 0 N–H and O–H groups in total. The van der Waals surface area contributed by atoms with Crippen LogP contribution in [0.2, 0.25) is 5.02 Å². The van der Waals surface area contributed by atoms with E-state index in [1.807, 2.05) is 12.1 Å². The molecule has 23 heavy (non-hydrogen) atoms. The molecule has 0 atom stereocenters. The Morgan fingerprint density at radius 3 is 1.96 bits per heavy atom. The van der Waals surface area contributed by atoms with Gasteiger partial charge in [0.1, 0.15) is 0 Å². The van der Waals surface area contributed by atoms with Gasteiger partial charge in [0, 0.05) is 5.02 Å². The van der Waals surface area contributed by atoms with Gasteiger partial charge >= 0.3 is 0 Å². The first-order valence-electron chi connectivity index (χ1n) is 9.08. The molecule has 0 nitrogen and oxygen atoms in total. The number of halogens is 1. The standard InChI is InChI=1S/C22H27Cl/c1-2-3-17-4-10-20(11-5-17)21-12-6-18(7-13-21)16-19-8-14-22(23)15-9-19/h6-9,12-15,17,20H,2-5,10-11,16H2,1H3. The zero-order valence-electron chi connectivity index (χ0n) is 14.1. The fraction of sp³-hybridized carbons (Fsp3) is 0.455. The van der Waals surface area contributed by atoms with Crippen molar-refractivity contribution >= 4 is 11.6 Å². The maximum atomic E-state index is 5.95. The van der Waals surface area contributed by atoms with Crippen LogP contribution in [0.4, 0.5) is 0 Å². The number of rotatable bonds is 5. The molecule has 3 rings (SSSR count). The van der Waals surface area contributed by atoms with Gasteiger partial charge in [0.2, 0.25) is 0 Å². The predicted octanol–water partition coefficient (Wildman–Crippen LogP) is 7.00. The van der Waals surface area contributed by atoms with Gasteiger partial charge in [-0.3, -0.25) is 0 Å². The quantitative estimate of drug-likeness (QED) is 0.554. The second-order valence-corrected chi connectivity index (χ2v) is 7.49. The van der Waals surface area contributed by atoms with Crippen LogP contribution in [0.3, 0.4) is 0 Å². The summed E-state index contributed by atoms with van der Waals surface area (Å²) in [5.41, 5.74) is 4.25. The van der Waals surface area contributed by atoms with Gasteiger partial charge < -0.3 is 0 Å². The van der Waals surface area contributed by atoms with E-state index in [2.05, 4.69) is 43.3 Å². The van der Waals surface area contributed by atoms with Crippen molar-refractivity contribution in [3.63, 3.8) is 0 Å². The Kier molecular flexibility index (Phi) is 5.78. The Labute approximate surface area is 145 Å². The minimum Gasteiger partial charge on any atom is -0.0843 e. The van der Waals surface area contributed by atoms with E-state index in [-0.39, 0.29) is 0 Å². The van der Waals surface area contributed by atoms with Crippen LogP contribution in [0.1, 0.15) is 68.1 Å². The van der Waals surface area contributed by atoms with E-state index < -0.39 is 0 Å². The van der Waals surface area contributed by atoms with Gasteiger partial charge in [0.15, 0.2) is 0 Å². The lowest BCUT2D eigenvalue weighted by atomic mass is 9.77. The molecule has 1 fully saturated rings. The molecule has 0 bridgehead atoms. The van der Waals surface area contributed by atoms with Crippen molar-refractivity contribution in [1.29, 1.82) is 0 Å². The molecule has 0 aliphatic heterocycles. The Hall–Kier alpha value is -1.27. The van der Waals surface area contributed by atoms with Gasteiger partial charge in [0.25, 0.3) is 0 Å². The molecule has 0 heterocycles. The number of hydrogen-bond donors (Lipinski definition) is 0. The van der Waals surface area contributed by atoms with Gasteiger partial charge in [-0.05, 0) is 72.8 Å². The summed E-state index contributed by atoms with van der Waals surface area (Å²) >= 11 is 5.95. The smallest absolute Gasteiger partial charge is 0.0406 e. The lowest BCUT2D eigenvalue weighted by Crippen LogP contribution is -2.13. The van der Waals surface area contributed by atoms with Crippen LogP contribution in [-0.4, -0.2) is 0 Å². The maximum absolute atomic E-state index is 5.95. The molecule has 2 aromatic carbocycles. The number of benzene rings is 2. The first-order chi connectivity index (χ1) is 11.2. The van der Waals surface area contributed by atoms with E-state index in [0.29, 0.717) is 0 Å². The average molecular weight is 327 g/mol. The molecule has 1 aliphatic carbocycles. The molecule has 0 amide bonds. The molecule has 2 aromatic rings. The van der Waals surface area contributed by atoms with Gasteiger partial charge in [-0.1, -0.05) is 67.8 Å². The summed E-state index contributed by atoms with van der Waals surface area (Å²) < 4.78 is 0. The highest BCUT2D eigenvalue weighted by atomic mass is 35.5. The Morgan fingerprint density at radius 1 is 0.826 bits per heavy atom. The lowest BCUT2D eigenvalue weighted by molar-refractivity contribution is 0.308. The van der Waals surface area contributed by atoms with Crippen molar-refractivity contribution in [2.24, 2.45) is 5.92 Å². The van der Waals surface area contributed by atoms with Crippen molar-refractivity contribution in [3.05, 3.63) is 70.2 Å². The highest BCUT2D eigenvalue weighted by Gasteiger charge is 2.21. The Balaban J connectivity index is 1.58. The van der Waals surface area contributed by atoms with Crippen LogP contribution in [0, 0.1) is 5.92 Å². The molecular weight excluding hydrogens is 300 g/mol. The minimum atomic E-state index is 0.785. The average Bonchev–Trinajstić information content (AvgIpc) is 2.59. The molecule has 122 valence electrons. The van der Waals surface area contributed by atoms with E-state index in [1.165, 1.54) is 49.7 Å². The van der Waals surface area contributed by atoms with Crippen LogP contribution >= 0.6 is 11.6 Å². The van der Waals surface area contributed by atoms with Crippen LogP contribution in [-0.2, 0) is 6.42 Å². The highest BCUT2D eigenvalue weighted by Crippen LogP contribution is 2.37. The Morgan fingerprint density at radius 2 is 1.39 bits per heavy atom. The van der Waals surface area contributed by atoms with Crippen molar-refractivity contribution < 1.29 is 0 Å².